The Morgan fingerprint density at radius 2 is 1.48 bits per heavy atom. The first-order chi connectivity index (χ1) is 20.0. The number of carbonyl (C=O) groups is 2. The molecule has 7 heteroatoms. The Balaban J connectivity index is 0.00000616. The first-order valence-electron chi connectivity index (χ1n) is 15.7. The van der Waals surface area contributed by atoms with E-state index in [-0.39, 0.29) is 35.1 Å². The number of benzene rings is 2. The lowest BCUT2D eigenvalue weighted by molar-refractivity contribution is -0.115. The normalized spacial score (nSPS) is 12.5. The molecule has 0 saturated heterocycles. The standard InChI is InChI=1S/C35H50N2O3S.BrH/c1-4-5-6-7-8-9-10-11-12-13-14-17-23-40-35-30(20-18-21-32(35)29(3)38)24-34(39)36-33-22-16-15-19-31(33)26-37-25-28(2)41-27-37;/h15-16,18-22,25H,4-14,17,23-24,26-27H2,1-3H3,(H,36,39);1H. The third-order valence-electron chi connectivity index (χ3n) is 7.56. The van der Waals surface area contributed by atoms with Crippen LogP contribution < -0.4 is 10.1 Å². The number of hydrogen-bond acceptors (Lipinski definition) is 5. The van der Waals surface area contributed by atoms with Gasteiger partial charge in [0.05, 0.1) is 24.5 Å². The van der Waals surface area contributed by atoms with Crippen molar-refractivity contribution >= 4 is 46.1 Å². The predicted molar refractivity (Wildman–Crippen MR) is 184 cm³/mol. The van der Waals surface area contributed by atoms with E-state index in [1.807, 2.05) is 42.1 Å². The fourth-order valence-electron chi connectivity index (χ4n) is 5.26. The van der Waals surface area contributed by atoms with Crippen LogP contribution in [0.15, 0.2) is 53.6 Å². The highest BCUT2D eigenvalue weighted by molar-refractivity contribution is 8.93. The number of nitrogens with zero attached hydrogens (tertiary/aromatic N) is 1. The summed E-state index contributed by atoms with van der Waals surface area (Å²) in [5, 5.41) is 3.10. The van der Waals surface area contributed by atoms with Crippen LogP contribution in [0, 0.1) is 0 Å². The van der Waals surface area contributed by atoms with Crippen LogP contribution in [0.3, 0.4) is 0 Å². The first kappa shape index (κ1) is 35.9. The van der Waals surface area contributed by atoms with Gasteiger partial charge >= 0.3 is 0 Å². The highest BCUT2D eigenvalue weighted by atomic mass is 79.9. The number of anilines is 1. The summed E-state index contributed by atoms with van der Waals surface area (Å²) in [6, 6.07) is 13.5. The van der Waals surface area contributed by atoms with E-state index in [0.717, 1.165) is 42.1 Å². The molecule has 0 unspecified atom stereocenters. The van der Waals surface area contributed by atoms with E-state index < -0.39 is 0 Å². The van der Waals surface area contributed by atoms with Crippen LogP contribution in [0.1, 0.15) is 119 Å². The van der Waals surface area contributed by atoms with Crippen LogP contribution in [0.4, 0.5) is 5.69 Å². The predicted octanol–water partition coefficient (Wildman–Crippen LogP) is 10.1. The van der Waals surface area contributed by atoms with Gasteiger partial charge in [0, 0.05) is 24.0 Å². The van der Waals surface area contributed by atoms with E-state index in [1.54, 1.807) is 13.0 Å². The fourth-order valence-corrected chi connectivity index (χ4v) is 6.02. The van der Waals surface area contributed by atoms with Crippen LogP contribution >= 0.6 is 28.7 Å². The van der Waals surface area contributed by atoms with Gasteiger partial charge in [-0.3, -0.25) is 9.59 Å². The average molecular weight is 660 g/mol. The number of carbonyl (C=O) groups excluding carboxylic acids is 2. The number of halogens is 1. The minimum Gasteiger partial charge on any atom is -0.493 e. The number of rotatable bonds is 20. The van der Waals surface area contributed by atoms with Gasteiger partial charge in [0.1, 0.15) is 5.75 Å². The Morgan fingerprint density at radius 1 is 0.857 bits per heavy atom. The number of ether oxygens (including phenoxy) is 1. The van der Waals surface area contributed by atoms with Crippen LogP contribution in [0.2, 0.25) is 0 Å². The van der Waals surface area contributed by atoms with Gasteiger partial charge in [-0.15, -0.1) is 28.7 Å². The molecule has 0 bridgehead atoms. The van der Waals surface area contributed by atoms with Gasteiger partial charge in [-0.2, -0.15) is 0 Å². The van der Waals surface area contributed by atoms with Crippen molar-refractivity contribution < 1.29 is 14.3 Å². The van der Waals surface area contributed by atoms with Crippen LogP contribution in [0.5, 0.6) is 5.75 Å². The zero-order valence-electron chi connectivity index (χ0n) is 25.9. The lowest BCUT2D eigenvalue weighted by Gasteiger charge is -2.18. The van der Waals surface area contributed by atoms with E-state index in [2.05, 4.69) is 36.3 Å². The highest BCUT2D eigenvalue weighted by Gasteiger charge is 2.18. The van der Waals surface area contributed by atoms with Crippen LogP contribution in [-0.4, -0.2) is 29.1 Å². The average Bonchev–Trinajstić information content (AvgIpc) is 3.37. The molecule has 1 amide bonds. The Hall–Kier alpha value is -2.25. The Kier molecular flexibility index (Phi) is 17.6. The second-order valence-corrected chi connectivity index (χ2v) is 12.4. The fraction of sp³-hybridized carbons (Fsp3) is 0.543. The van der Waals surface area contributed by atoms with Gasteiger partial charge in [0.25, 0.3) is 0 Å². The van der Waals surface area contributed by atoms with E-state index in [9.17, 15) is 9.59 Å². The quantitative estimate of drug-likeness (QED) is 0.113. The number of Topliss-reactive ketones (excluding diaryl/α,β-unsaturated/α-hetero) is 1. The first-order valence-corrected chi connectivity index (χ1v) is 16.6. The van der Waals surface area contributed by atoms with Gasteiger partial charge in [-0.25, -0.2) is 0 Å². The molecule has 0 atom stereocenters. The molecule has 0 radical (unpaired) electrons. The van der Waals surface area contributed by atoms with Gasteiger partial charge in [-0.1, -0.05) is 108 Å². The minimum absolute atomic E-state index is 0. The lowest BCUT2D eigenvalue weighted by Crippen LogP contribution is -2.19. The van der Waals surface area contributed by atoms with E-state index in [4.69, 9.17) is 4.74 Å². The molecule has 5 nitrogen and oxygen atoms in total. The third kappa shape index (κ3) is 12.9. The highest BCUT2D eigenvalue weighted by Crippen LogP contribution is 2.29. The Morgan fingerprint density at radius 3 is 2.10 bits per heavy atom. The second kappa shape index (κ2) is 20.6. The van der Waals surface area contributed by atoms with Crippen molar-refractivity contribution in [3.8, 4) is 5.75 Å². The number of amides is 1. The summed E-state index contributed by atoms with van der Waals surface area (Å²) in [6.45, 7) is 7.24. The number of thioether (sulfide) groups is 1. The summed E-state index contributed by atoms with van der Waals surface area (Å²) < 4.78 is 6.18. The van der Waals surface area contributed by atoms with Crippen molar-refractivity contribution in [2.45, 2.75) is 111 Å². The van der Waals surface area contributed by atoms with Crippen molar-refractivity contribution in [3.63, 3.8) is 0 Å². The maximum Gasteiger partial charge on any atom is 0.228 e. The number of para-hydroxylation sites is 2. The SMILES string of the molecule is Br.CCCCCCCCCCCCCCOc1c(CC(=O)Nc2ccccc2CN2C=C(C)SC2)cccc1C(C)=O. The summed E-state index contributed by atoms with van der Waals surface area (Å²) >= 11 is 1.83. The van der Waals surface area contributed by atoms with E-state index >= 15 is 0 Å². The molecule has 232 valence electrons. The molecular weight excluding hydrogens is 608 g/mol. The van der Waals surface area contributed by atoms with Gasteiger partial charge in [0.15, 0.2) is 5.78 Å². The largest absolute Gasteiger partial charge is 0.493 e. The lowest BCUT2D eigenvalue weighted by atomic mass is 10.0. The van der Waals surface area contributed by atoms with Crippen molar-refractivity contribution in [2.75, 3.05) is 17.8 Å². The Labute approximate surface area is 269 Å². The molecule has 0 spiro atoms. The van der Waals surface area contributed by atoms with Crippen LogP contribution in [-0.2, 0) is 17.8 Å². The second-order valence-electron chi connectivity index (χ2n) is 11.2. The maximum atomic E-state index is 13.2. The van der Waals surface area contributed by atoms with E-state index in [1.165, 1.54) is 69.1 Å². The number of unbranched alkanes of at least 4 members (excludes halogenated alkanes) is 11. The smallest absolute Gasteiger partial charge is 0.228 e. The molecule has 1 aliphatic heterocycles. The molecule has 1 heterocycles. The molecule has 0 aromatic heterocycles. The molecule has 1 N–H and O–H groups in total. The molecule has 0 fully saturated rings. The summed E-state index contributed by atoms with van der Waals surface area (Å²) in [6.07, 6.45) is 17.8. The summed E-state index contributed by atoms with van der Waals surface area (Å²) in [5.41, 5.74) is 3.19. The molecule has 2 aromatic rings. The zero-order valence-corrected chi connectivity index (χ0v) is 28.5. The monoisotopic (exact) mass is 658 g/mol. The summed E-state index contributed by atoms with van der Waals surface area (Å²) in [7, 11) is 0. The maximum absolute atomic E-state index is 13.2. The molecule has 42 heavy (non-hydrogen) atoms. The van der Waals surface area contributed by atoms with Crippen molar-refractivity contribution in [2.24, 2.45) is 0 Å². The van der Waals surface area contributed by atoms with Gasteiger partial charge in [0.2, 0.25) is 5.91 Å². The molecular formula is C35H51BrN2O3S. The van der Waals surface area contributed by atoms with Gasteiger partial charge in [-0.05, 0) is 42.9 Å². The van der Waals surface area contributed by atoms with Crippen molar-refractivity contribution in [1.29, 1.82) is 0 Å². The third-order valence-corrected chi connectivity index (χ3v) is 8.58. The number of ketones is 1. The van der Waals surface area contributed by atoms with Crippen LogP contribution in [0.25, 0.3) is 0 Å². The zero-order chi connectivity index (χ0) is 29.3. The van der Waals surface area contributed by atoms with Crippen molar-refractivity contribution in [3.05, 3.63) is 70.3 Å². The summed E-state index contributed by atoms with van der Waals surface area (Å²) in [5.74, 6) is 1.32. The molecule has 0 aliphatic carbocycles. The number of allylic oxidation sites excluding steroid dienone is 1. The molecule has 0 saturated carbocycles. The summed E-state index contributed by atoms with van der Waals surface area (Å²) in [4.78, 5) is 29.1. The minimum atomic E-state index is -0.115. The topological polar surface area (TPSA) is 58.6 Å². The van der Waals surface area contributed by atoms with Crippen molar-refractivity contribution in [1.82, 2.24) is 4.90 Å². The Bertz CT molecular complexity index is 1140. The number of nitrogens with one attached hydrogen (secondary N) is 1. The van der Waals surface area contributed by atoms with Gasteiger partial charge < -0.3 is 15.0 Å². The molecule has 1 aliphatic rings. The molecule has 2 aromatic carbocycles. The van der Waals surface area contributed by atoms with E-state index in [0.29, 0.717) is 17.9 Å². The number of hydrogen-bond donors (Lipinski definition) is 1. The molecule has 3 rings (SSSR count).